The number of carboxylic acids is 1. The van der Waals surface area contributed by atoms with Crippen molar-refractivity contribution in [2.24, 2.45) is 0 Å². The van der Waals surface area contributed by atoms with Crippen molar-refractivity contribution in [2.45, 2.75) is 24.0 Å². The van der Waals surface area contributed by atoms with Crippen molar-refractivity contribution in [1.29, 1.82) is 0 Å². The van der Waals surface area contributed by atoms with E-state index in [-0.39, 0.29) is 22.6 Å². The fraction of sp³-hybridized carbons (Fsp3) is 0.500. The number of hydrogen-bond acceptors (Lipinski definition) is 5. The van der Waals surface area contributed by atoms with Gasteiger partial charge in [-0.25, -0.2) is 17.9 Å². The molecule has 7 nitrogen and oxygen atoms in total. The summed E-state index contributed by atoms with van der Waals surface area (Å²) in [7, 11) is -2.15. The van der Waals surface area contributed by atoms with Crippen LogP contribution in [0.1, 0.15) is 17.3 Å². The van der Waals surface area contributed by atoms with E-state index in [1.54, 1.807) is 7.11 Å². The van der Waals surface area contributed by atoms with Crippen molar-refractivity contribution in [3.63, 3.8) is 0 Å². The Balaban J connectivity index is 2.15. The third-order valence-electron chi connectivity index (χ3n) is 3.81. The predicted octanol–water partition coefficient (Wildman–Crippen LogP) is 0.382. The van der Waals surface area contributed by atoms with Gasteiger partial charge in [0.25, 0.3) is 0 Å². The monoisotopic (exact) mass is 328 g/mol. The molecule has 0 aliphatic carbocycles. The molecule has 2 rings (SSSR count). The Bertz CT molecular complexity index is 629. The van der Waals surface area contributed by atoms with Gasteiger partial charge in [-0.1, -0.05) is 6.92 Å². The fourth-order valence-electron chi connectivity index (χ4n) is 2.51. The van der Waals surface area contributed by atoms with Crippen LogP contribution in [-0.2, 0) is 14.8 Å². The van der Waals surface area contributed by atoms with Gasteiger partial charge in [-0.05, 0) is 30.8 Å². The van der Waals surface area contributed by atoms with Gasteiger partial charge in [-0.15, -0.1) is 0 Å². The number of ether oxygens (including phenoxy) is 1. The highest BCUT2D eigenvalue weighted by atomic mass is 32.2. The molecule has 8 heteroatoms. The van der Waals surface area contributed by atoms with Gasteiger partial charge < -0.3 is 9.84 Å². The van der Waals surface area contributed by atoms with Crippen LogP contribution in [0, 0.1) is 0 Å². The van der Waals surface area contributed by atoms with Gasteiger partial charge in [0, 0.05) is 20.2 Å². The van der Waals surface area contributed by atoms with E-state index in [0.717, 1.165) is 6.54 Å². The molecular weight excluding hydrogens is 308 g/mol. The Morgan fingerprint density at radius 1 is 1.36 bits per heavy atom. The summed E-state index contributed by atoms with van der Waals surface area (Å²) in [6.45, 7) is 4.10. The summed E-state index contributed by atoms with van der Waals surface area (Å²) in [6.07, 6.45) is -0.201. The minimum absolute atomic E-state index is 0.0438. The Morgan fingerprint density at radius 2 is 2.00 bits per heavy atom. The molecule has 1 aliphatic heterocycles. The van der Waals surface area contributed by atoms with Crippen LogP contribution in [0.4, 0.5) is 0 Å². The number of likely N-dealkylation sites (N-methyl/N-ethyl adjacent to an activating group) is 1. The van der Waals surface area contributed by atoms with Gasteiger partial charge in [0.05, 0.1) is 22.6 Å². The molecule has 1 aromatic rings. The third-order valence-corrected chi connectivity index (χ3v) is 5.32. The highest BCUT2D eigenvalue weighted by Gasteiger charge is 2.35. The second-order valence-corrected chi connectivity index (χ2v) is 6.90. The number of carbonyl (C=O) groups is 1. The van der Waals surface area contributed by atoms with Crippen LogP contribution >= 0.6 is 0 Å². The van der Waals surface area contributed by atoms with E-state index in [9.17, 15) is 13.2 Å². The number of methoxy groups -OCH3 is 1. The molecule has 1 saturated heterocycles. The Labute approximate surface area is 129 Å². The molecule has 0 spiro atoms. The maximum absolute atomic E-state index is 12.4. The molecule has 1 fully saturated rings. The van der Waals surface area contributed by atoms with Crippen LogP contribution in [0.2, 0.25) is 0 Å². The van der Waals surface area contributed by atoms with Gasteiger partial charge >= 0.3 is 5.97 Å². The van der Waals surface area contributed by atoms with Gasteiger partial charge in [0.2, 0.25) is 10.0 Å². The molecule has 1 heterocycles. The van der Waals surface area contributed by atoms with Crippen molar-refractivity contribution in [3.8, 4) is 0 Å². The number of sulfonamides is 1. The van der Waals surface area contributed by atoms with Crippen molar-refractivity contribution < 1.29 is 23.1 Å². The molecular formula is C14H20N2O5S. The average molecular weight is 328 g/mol. The number of aromatic carboxylic acids is 1. The summed E-state index contributed by atoms with van der Waals surface area (Å²) < 4.78 is 32.8. The molecule has 0 saturated carbocycles. The first-order valence-corrected chi connectivity index (χ1v) is 8.46. The molecule has 2 atom stereocenters. The first-order chi connectivity index (χ1) is 10.4. The summed E-state index contributed by atoms with van der Waals surface area (Å²) in [5.74, 6) is -1.09. The Hall–Kier alpha value is -1.48. The number of likely N-dealkylation sites (tertiary alicyclic amines) is 1. The summed E-state index contributed by atoms with van der Waals surface area (Å²) in [4.78, 5) is 13.0. The number of hydrogen-bond donors (Lipinski definition) is 2. The lowest BCUT2D eigenvalue weighted by Gasteiger charge is -2.18. The fourth-order valence-corrected chi connectivity index (χ4v) is 3.76. The van der Waals surface area contributed by atoms with Crippen LogP contribution in [0.25, 0.3) is 0 Å². The topological polar surface area (TPSA) is 95.9 Å². The first-order valence-electron chi connectivity index (χ1n) is 6.98. The lowest BCUT2D eigenvalue weighted by molar-refractivity contribution is 0.0696. The molecule has 0 unspecified atom stereocenters. The van der Waals surface area contributed by atoms with Crippen molar-refractivity contribution in [1.82, 2.24) is 9.62 Å². The van der Waals surface area contributed by atoms with E-state index in [1.807, 2.05) is 6.92 Å². The summed E-state index contributed by atoms with van der Waals surface area (Å²) in [5, 5.41) is 8.84. The summed E-state index contributed by atoms with van der Waals surface area (Å²) in [5.41, 5.74) is 0.0479. The molecule has 0 amide bonds. The predicted molar refractivity (Wildman–Crippen MR) is 80.4 cm³/mol. The number of carboxylic acid groups (broad SMARTS) is 1. The van der Waals surface area contributed by atoms with Crippen LogP contribution in [0.5, 0.6) is 0 Å². The van der Waals surface area contributed by atoms with Gasteiger partial charge in [0.1, 0.15) is 0 Å². The van der Waals surface area contributed by atoms with Gasteiger partial charge in [-0.3, -0.25) is 4.90 Å². The normalized spacial score (nSPS) is 22.8. The molecule has 122 valence electrons. The quantitative estimate of drug-likeness (QED) is 0.784. The SMILES string of the molecule is CCN1C[C@H](NS(=O)(=O)c2ccc(C(=O)O)cc2)[C@@H](OC)C1. The Morgan fingerprint density at radius 3 is 2.50 bits per heavy atom. The second kappa shape index (κ2) is 6.74. The smallest absolute Gasteiger partial charge is 0.335 e. The molecule has 0 aromatic heterocycles. The van der Waals surface area contributed by atoms with Crippen molar-refractivity contribution in [2.75, 3.05) is 26.7 Å². The van der Waals surface area contributed by atoms with E-state index < -0.39 is 16.0 Å². The summed E-state index contributed by atoms with van der Waals surface area (Å²) >= 11 is 0. The first kappa shape index (κ1) is 16.9. The average Bonchev–Trinajstić information content (AvgIpc) is 2.88. The highest BCUT2D eigenvalue weighted by Crippen LogP contribution is 2.17. The van der Waals surface area contributed by atoms with E-state index in [2.05, 4.69) is 9.62 Å². The third kappa shape index (κ3) is 3.64. The van der Waals surface area contributed by atoms with Crippen molar-refractivity contribution >= 4 is 16.0 Å². The zero-order valence-electron chi connectivity index (χ0n) is 12.5. The zero-order chi connectivity index (χ0) is 16.3. The minimum atomic E-state index is -3.71. The molecule has 1 aliphatic rings. The standard InChI is InChI=1S/C14H20N2O5S/c1-3-16-8-12(13(9-16)21-2)15-22(19,20)11-6-4-10(5-7-11)14(17)18/h4-7,12-13,15H,3,8-9H2,1-2H3,(H,17,18)/t12-,13-/m0/s1. The number of benzene rings is 1. The maximum atomic E-state index is 12.4. The molecule has 0 bridgehead atoms. The largest absolute Gasteiger partial charge is 0.478 e. The molecule has 2 N–H and O–H groups in total. The number of rotatable bonds is 6. The van der Waals surface area contributed by atoms with E-state index in [4.69, 9.17) is 9.84 Å². The van der Waals surface area contributed by atoms with Gasteiger partial charge in [0.15, 0.2) is 0 Å². The van der Waals surface area contributed by atoms with Crippen molar-refractivity contribution in [3.05, 3.63) is 29.8 Å². The highest BCUT2D eigenvalue weighted by molar-refractivity contribution is 7.89. The molecule has 22 heavy (non-hydrogen) atoms. The number of nitrogens with one attached hydrogen (secondary N) is 1. The lowest BCUT2D eigenvalue weighted by atomic mass is 10.2. The van der Waals surface area contributed by atoms with Gasteiger partial charge in [-0.2, -0.15) is 0 Å². The van der Waals surface area contributed by atoms with Crippen LogP contribution in [0.3, 0.4) is 0 Å². The molecule has 0 radical (unpaired) electrons. The zero-order valence-corrected chi connectivity index (χ0v) is 13.3. The summed E-state index contributed by atoms with van der Waals surface area (Å²) in [6, 6.07) is 4.81. The lowest BCUT2D eigenvalue weighted by Crippen LogP contribution is -2.43. The van der Waals surface area contributed by atoms with Crippen LogP contribution in [-0.4, -0.2) is 63.3 Å². The van der Waals surface area contributed by atoms with E-state index in [1.165, 1.54) is 24.3 Å². The van der Waals surface area contributed by atoms with E-state index in [0.29, 0.717) is 13.1 Å². The molecule has 1 aromatic carbocycles. The van der Waals surface area contributed by atoms with Crippen LogP contribution < -0.4 is 4.72 Å². The minimum Gasteiger partial charge on any atom is -0.478 e. The van der Waals surface area contributed by atoms with Crippen LogP contribution in [0.15, 0.2) is 29.2 Å². The number of nitrogens with zero attached hydrogens (tertiary/aromatic N) is 1. The maximum Gasteiger partial charge on any atom is 0.335 e. The Kier molecular flexibility index (Phi) is 5.17. The van der Waals surface area contributed by atoms with E-state index >= 15 is 0 Å². The second-order valence-electron chi connectivity index (χ2n) is 5.18.